The molecule has 0 aliphatic carbocycles. The van der Waals surface area contributed by atoms with Crippen molar-refractivity contribution in [2.45, 2.75) is 77.0 Å². The number of carbonyl (C=O) groups is 3. The van der Waals surface area contributed by atoms with Crippen molar-refractivity contribution in [1.29, 1.82) is 0 Å². The van der Waals surface area contributed by atoms with Crippen molar-refractivity contribution >= 4 is 17.8 Å². The van der Waals surface area contributed by atoms with E-state index in [9.17, 15) is 14.4 Å². The third-order valence-corrected chi connectivity index (χ3v) is 3.90. The lowest BCUT2D eigenvalue weighted by atomic mass is 10.1. The number of nitrogens with two attached hydrogens (primary N) is 1. The van der Waals surface area contributed by atoms with E-state index in [0.29, 0.717) is 38.9 Å². The molecule has 0 aromatic rings. The van der Waals surface area contributed by atoms with Crippen LogP contribution in [-0.2, 0) is 14.4 Å². The zero-order valence-corrected chi connectivity index (χ0v) is 15.4. The Morgan fingerprint density at radius 1 is 0.640 bits per heavy atom. The average molecular weight is 357 g/mol. The van der Waals surface area contributed by atoms with Gasteiger partial charge in [-0.3, -0.25) is 14.4 Å². The van der Waals surface area contributed by atoms with Gasteiger partial charge in [0.15, 0.2) is 0 Å². The van der Waals surface area contributed by atoms with Crippen LogP contribution in [0.25, 0.3) is 0 Å². The molecule has 0 radical (unpaired) electrons. The standard InChI is InChI=1S/C18H35N3O4/c19-13-7-1-4-10-16(22)20-14-8-2-5-11-17(23)21-15-9-3-6-12-18(24)25/h1-15,19H2,(H,20,22)(H,21,23)(H,24,25). The molecule has 0 saturated heterocycles. The molecule has 0 aliphatic rings. The summed E-state index contributed by atoms with van der Waals surface area (Å²) in [5.41, 5.74) is 5.40. The lowest BCUT2D eigenvalue weighted by Crippen LogP contribution is -2.25. The number of rotatable bonds is 17. The van der Waals surface area contributed by atoms with E-state index in [1.807, 2.05) is 0 Å². The Labute approximate surface area is 151 Å². The van der Waals surface area contributed by atoms with E-state index < -0.39 is 5.97 Å². The van der Waals surface area contributed by atoms with Gasteiger partial charge in [-0.2, -0.15) is 0 Å². The minimum atomic E-state index is -0.771. The first kappa shape index (κ1) is 23.4. The number of amides is 2. The monoisotopic (exact) mass is 357 g/mol. The number of carbonyl (C=O) groups excluding carboxylic acids is 2. The Hall–Kier alpha value is -1.63. The number of hydrogen-bond acceptors (Lipinski definition) is 4. The van der Waals surface area contributed by atoms with Gasteiger partial charge in [0.1, 0.15) is 0 Å². The highest BCUT2D eigenvalue weighted by atomic mass is 16.4. The van der Waals surface area contributed by atoms with E-state index in [2.05, 4.69) is 10.6 Å². The van der Waals surface area contributed by atoms with Crippen molar-refractivity contribution in [2.75, 3.05) is 19.6 Å². The first-order valence-corrected chi connectivity index (χ1v) is 9.51. The number of carboxylic acid groups (broad SMARTS) is 1. The average Bonchev–Trinajstić information content (AvgIpc) is 2.57. The van der Waals surface area contributed by atoms with E-state index in [-0.39, 0.29) is 18.2 Å². The molecule has 0 atom stereocenters. The van der Waals surface area contributed by atoms with Crippen molar-refractivity contribution in [2.24, 2.45) is 5.73 Å². The van der Waals surface area contributed by atoms with Gasteiger partial charge in [-0.15, -0.1) is 0 Å². The summed E-state index contributed by atoms with van der Waals surface area (Å²) in [6.45, 7) is 1.96. The lowest BCUT2D eigenvalue weighted by molar-refractivity contribution is -0.137. The highest BCUT2D eigenvalue weighted by molar-refractivity contribution is 5.76. The summed E-state index contributed by atoms with van der Waals surface area (Å²) in [5.74, 6) is -0.633. The Bertz CT molecular complexity index is 375. The van der Waals surface area contributed by atoms with E-state index in [1.54, 1.807) is 0 Å². The van der Waals surface area contributed by atoms with Gasteiger partial charge in [-0.05, 0) is 45.1 Å². The van der Waals surface area contributed by atoms with E-state index in [4.69, 9.17) is 10.8 Å². The van der Waals surface area contributed by atoms with Crippen LogP contribution in [-0.4, -0.2) is 42.5 Å². The fourth-order valence-corrected chi connectivity index (χ4v) is 2.40. The van der Waals surface area contributed by atoms with Crippen LogP contribution in [0.3, 0.4) is 0 Å². The quantitative estimate of drug-likeness (QED) is 0.296. The SMILES string of the molecule is NCCCCCC(=O)NCCCCCC(=O)NCCCCCC(=O)O. The van der Waals surface area contributed by atoms with Crippen LogP contribution < -0.4 is 16.4 Å². The zero-order valence-electron chi connectivity index (χ0n) is 15.4. The number of hydrogen-bond donors (Lipinski definition) is 4. The minimum absolute atomic E-state index is 0.0437. The summed E-state index contributed by atoms with van der Waals surface area (Å²) in [6, 6.07) is 0. The predicted octanol–water partition coefficient (Wildman–Crippen LogP) is 1.94. The van der Waals surface area contributed by atoms with Crippen LogP contribution in [0.1, 0.15) is 77.0 Å². The second-order valence-electron chi connectivity index (χ2n) is 6.31. The molecule has 25 heavy (non-hydrogen) atoms. The van der Waals surface area contributed by atoms with E-state index in [0.717, 1.165) is 51.4 Å². The molecule has 2 amide bonds. The van der Waals surface area contributed by atoms with Gasteiger partial charge in [0.2, 0.25) is 11.8 Å². The molecular formula is C18H35N3O4. The molecular weight excluding hydrogens is 322 g/mol. The van der Waals surface area contributed by atoms with E-state index >= 15 is 0 Å². The van der Waals surface area contributed by atoms with Gasteiger partial charge in [0, 0.05) is 32.4 Å². The molecule has 7 heteroatoms. The number of aliphatic carboxylic acids is 1. The van der Waals surface area contributed by atoms with Gasteiger partial charge < -0.3 is 21.5 Å². The Morgan fingerprint density at radius 3 is 1.52 bits per heavy atom. The molecule has 0 aromatic heterocycles. The van der Waals surface area contributed by atoms with Gasteiger partial charge in [0.05, 0.1) is 0 Å². The summed E-state index contributed by atoms with van der Waals surface area (Å²) in [7, 11) is 0. The molecule has 0 unspecified atom stereocenters. The first-order valence-electron chi connectivity index (χ1n) is 9.51. The van der Waals surface area contributed by atoms with Crippen LogP contribution in [0.2, 0.25) is 0 Å². The summed E-state index contributed by atoms with van der Waals surface area (Å²) < 4.78 is 0. The summed E-state index contributed by atoms with van der Waals surface area (Å²) in [5, 5.41) is 14.3. The normalized spacial score (nSPS) is 10.4. The number of nitrogens with one attached hydrogen (secondary N) is 2. The van der Waals surface area contributed by atoms with Crippen LogP contribution >= 0.6 is 0 Å². The summed E-state index contributed by atoms with van der Waals surface area (Å²) in [6.07, 6.45) is 9.03. The maximum atomic E-state index is 11.6. The molecule has 0 heterocycles. The molecule has 0 aromatic carbocycles. The maximum absolute atomic E-state index is 11.6. The Balaban J connectivity index is 3.31. The van der Waals surface area contributed by atoms with Crippen LogP contribution in [0.15, 0.2) is 0 Å². The van der Waals surface area contributed by atoms with Crippen molar-refractivity contribution in [3.63, 3.8) is 0 Å². The van der Waals surface area contributed by atoms with Crippen LogP contribution in [0, 0.1) is 0 Å². The fraction of sp³-hybridized carbons (Fsp3) is 0.833. The molecule has 146 valence electrons. The maximum Gasteiger partial charge on any atom is 0.303 e. The topological polar surface area (TPSA) is 122 Å². The molecule has 0 fully saturated rings. The van der Waals surface area contributed by atoms with Crippen molar-refractivity contribution in [3.8, 4) is 0 Å². The van der Waals surface area contributed by atoms with E-state index in [1.165, 1.54) is 0 Å². The molecule has 0 spiro atoms. The lowest BCUT2D eigenvalue weighted by Gasteiger charge is -2.06. The Kier molecular flexibility index (Phi) is 16.1. The highest BCUT2D eigenvalue weighted by Crippen LogP contribution is 2.02. The largest absolute Gasteiger partial charge is 0.481 e. The molecule has 0 aliphatic heterocycles. The molecule has 0 saturated carbocycles. The van der Waals surface area contributed by atoms with Gasteiger partial charge in [0.25, 0.3) is 0 Å². The summed E-state index contributed by atoms with van der Waals surface area (Å²) >= 11 is 0. The smallest absolute Gasteiger partial charge is 0.303 e. The molecule has 7 nitrogen and oxygen atoms in total. The predicted molar refractivity (Wildman–Crippen MR) is 98.1 cm³/mol. The fourth-order valence-electron chi connectivity index (χ4n) is 2.40. The van der Waals surface area contributed by atoms with Gasteiger partial charge in [-0.1, -0.05) is 19.3 Å². The molecule has 5 N–H and O–H groups in total. The zero-order chi connectivity index (χ0) is 18.8. The second kappa shape index (κ2) is 17.2. The second-order valence-corrected chi connectivity index (χ2v) is 6.31. The summed E-state index contributed by atoms with van der Waals surface area (Å²) in [4.78, 5) is 33.5. The van der Waals surface area contributed by atoms with Crippen molar-refractivity contribution in [1.82, 2.24) is 10.6 Å². The van der Waals surface area contributed by atoms with Gasteiger partial charge >= 0.3 is 5.97 Å². The Morgan fingerprint density at radius 2 is 1.08 bits per heavy atom. The third-order valence-electron chi connectivity index (χ3n) is 3.90. The highest BCUT2D eigenvalue weighted by Gasteiger charge is 2.03. The van der Waals surface area contributed by atoms with Crippen molar-refractivity contribution in [3.05, 3.63) is 0 Å². The van der Waals surface area contributed by atoms with Crippen molar-refractivity contribution < 1.29 is 19.5 Å². The molecule has 0 rings (SSSR count). The first-order chi connectivity index (χ1) is 12.1. The third kappa shape index (κ3) is 18.5. The molecule has 0 bridgehead atoms. The minimum Gasteiger partial charge on any atom is -0.481 e. The number of carboxylic acids is 1. The van der Waals surface area contributed by atoms with Gasteiger partial charge in [-0.25, -0.2) is 0 Å². The van der Waals surface area contributed by atoms with Crippen LogP contribution in [0.5, 0.6) is 0 Å². The van der Waals surface area contributed by atoms with Crippen LogP contribution in [0.4, 0.5) is 0 Å². The number of unbranched alkanes of at least 4 members (excludes halogenated alkanes) is 6.